The van der Waals surface area contributed by atoms with Gasteiger partial charge < -0.3 is 5.32 Å². The molecule has 0 fully saturated rings. The third-order valence-corrected chi connectivity index (χ3v) is 5.31. The normalized spacial score (nSPS) is 25.5. The van der Waals surface area contributed by atoms with Crippen molar-refractivity contribution in [2.75, 3.05) is 5.32 Å². The summed E-state index contributed by atoms with van der Waals surface area (Å²) < 4.78 is 0. The number of benzene rings is 2. The van der Waals surface area contributed by atoms with Gasteiger partial charge in [-0.1, -0.05) is 61.0 Å². The number of anilines is 1. The zero-order valence-electron chi connectivity index (χ0n) is 12.7. The van der Waals surface area contributed by atoms with Gasteiger partial charge in [0.2, 0.25) is 0 Å². The molecule has 112 valence electrons. The van der Waals surface area contributed by atoms with Crippen LogP contribution >= 0.6 is 11.6 Å². The molecule has 3 atom stereocenters. The molecule has 0 saturated heterocycles. The van der Waals surface area contributed by atoms with E-state index in [4.69, 9.17) is 11.6 Å². The van der Waals surface area contributed by atoms with Crippen LogP contribution in [0.5, 0.6) is 0 Å². The monoisotopic (exact) mass is 309 g/mol. The molecule has 1 N–H and O–H groups in total. The maximum Gasteiger partial charge on any atom is 0.0554 e. The average molecular weight is 310 g/mol. The van der Waals surface area contributed by atoms with E-state index in [9.17, 15) is 0 Å². The molecule has 1 nitrogen and oxygen atoms in total. The summed E-state index contributed by atoms with van der Waals surface area (Å²) in [5.41, 5.74) is 5.49. The van der Waals surface area contributed by atoms with Crippen molar-refractivity contribution >= 4 is 17.3 Å². The lowest BCUT2D eigenvalue weighted by Crippen LogP contribution is -2.29. The molecule has 22 heavy (non-hydrogen) atoms. The highest BCUT2D eigenvalue weighted by molar-refractivity contribution is 6.30. The van der Waals surface area contributed by atoms with E-state index in [-0.39, 0.29) is 0 Å². The van der Waals surface area contributed by atoms with Crippen molar-refractivity contribution in [3.63, 3.8) is 0 Å². The summed E-state index contributed by atoms with van der Waals surface area (Å²) >= 11 is 6.22. The van der Waals surface area contributed by atoms with E-state index in [2.05, 4.69) is 60.8 Å². The van der Waals surface area contributed by atoms with Gasteiger partial charge in [0.15, 0.2) is 0 Å². The molecule has 4 rings (SSSR count). The van der Waals surface area contributed by atoms with Crippen molar-refractivity contribution in [3.8, 4) is 0 Å². The first-order valence-corrected chi connectivity index (χ1v) is 8.46. The molecular weight excluding hydrogens is 290 g/mol. The van der Waals surface area contributed by atoms with Gasteiger partial charge in [-0.25, -0.2) is 0 Å². The number of nitrogens with one attached hydrogen (secondary N) is 1. The van der Waals surface area contributed by atoms with Crippen LogP contribution in [0.25, 0.3) is 0 Å². The van der Waals surface area contributed by atoms with Gasteiger partial charge >= 0.3 is 0 Å². The number of aryl methyl sites for hydroxylation is 1. The van der Waals surface area contributed by atoms with Gasteiger partial charge in [-0.05, 0) is 47.6 Å². The molecule has 1 heterocycles. The maximum absolute atomic E-state index is 6.22. The maximum atomic E-state index is 6.22. The Balaban J connectivity index is 1.83. The molecule has 0 amide bonds. The molecule has 1 aliphatic carbocycles. The first-order chi connectivity index (χ1) is 10.8. The fourth-order valence-electron chi connectivity index (χ4n) is 4.01. The smallest absolute Gasteiger partial charge is 0.0554 e. The second-order valence-electron chi connectivity index (χ2n) is 6.27. The first-order valence-electron chi connectivity index (χ1n) is 8.08. The van der Waals surface area contributed by atoms with Crippen LogP contribution in [0.3, 0.4) is 0 Å². The minimum atomic E-state index is 0.332. The van der Waals surface area contributed by atoms with Crippen LogP contribution in [0.1, 0.15) is 42.0 Å². The minimum Gasteiger partial charge on any atom is -0.377 e. The van der Waals surface area contributed by atoms with Crippen molar-refractivity contribution in [1.29, 1.82) is 0 Å². The number of hydrogen-bond donors (Lipinski definition) is 1. The zero-order valence-corrected chi connectivity index (χ0v) is 13.5. The standard InChI is InChI=1S/C20H20ClN/c1-2-13-6-4-10-17-16-9-5-11-18(16)20(22-19(13)17)14-7-3-8-15(21)12-14/h3-10,12,16,18,20,22H,2,11H2,1H3/t16-,18-,20+/m0/s1. The molecule has 0 bridgehead atoms. The average Bonchev–Trinajstić information content (AvgIpc) is 3.03. The van der Waals surface area contributed by atoms with Crippen molar-refractivity contribution in [1.82, 2.24) is 0 Å². The van der Waals surface area contributed by atoms with Crippen LogP contribution in [-0.4, -0.2) is 0 Å². The number of hydrogen-bond acceptors (Lipinski definition) is 1. The van der Waals surface area contributed by atoms with Crippen LogP contribution in [0, 0.1) is 5.92 Å². The Bertz CT molecular complexity index is 734. The van der Waals surface area contributed by atoms with E-state index in [1.165, 1.54) is 22.4 Å². The molecule has 2 aromatic rings. The fraction of sp³-hybridized carbons (Fsp3) is 0.300. The summed E-state index contributed by atoms with van der Waals surface area (Å²) in [5.74, 6) is 1.10. The zero-order chi connectivity index (χ0) is 15.1. The second kappa shape index (κ2) is 5.48. The van der Waals surface area contributed by atoms with E-state index >= 15 is 0 Å². The van der Waals surface area contributed by atoms with Crippen molar-refractivity contribution in [2.45, 2.75) is 31.7 Å². The van der Waals surface area contributed by atoms with Crippen molar-refractivity contribution in [3.05, 3.63) is 76.3 Å². The molecule has 1 aliphatic heterocycles. The van der Waals surface area contributed by atoms with Gasteiger partial charge in [0, 0.05) is 16.6 Å². The topological polar surface area (TPSA) is 12.0 Å². The van der Waals surface area contributed by atoms with E-state index in [1.54, 1.807) is 0 Å². The molecular formula is C20H20ClN. The van der Waals surface area contributed by atoms with Crippen LogP contribution in [0.2, 0.25) is 5.02 Å². The highest BCUT2D eigenvalue weighted by Gasteiger charge is 2.38. The summed E-state index contributed by atoms with van der Waals surface area (Å²) in [7, 11) is 0. The Hall–Kier alpha value is -1.73. The summed E-state index contributed by atoms with van der Waals surface area (Å²) in [6, 6.07) is 15.3. The highest BCUT2D eigenvalue weighted by Crippen LogP contribution is 2.50. The lowest BCUT2D eigenvalue weighted by Gasteiger charge is -2.38. The number of halogens is 1. The molecule has 0 unspecified atom stereocenters. The van der Waals surface area contributed by atoms with Gasteiger partial charge in [0.1, 0.15) is 0 Å². The molecule has 2 heteroatoms. The van der Waals surface area contributed by atoms with Gasteiger partial charge in [0.25, 0.3) is 0 Å². The van der Waals surface area contributed by atoms with Crippen molar-refractivity contribution < 1.29 is 0 Å². The molecule has 0 saturated carbocycles. The Labute approximate surface area is 137 Å². The lowest BCUT2D eigenvalue weighted by atomic mass is 9.76. The predicted octanol–water partition coefficient (Wildman–Crippen LogP) is 5.73. The third kappa shape index (κ3) is 2.16. The molecule has 0 radical (unpaired) electrons. The quantitative estimate of drug-likeness (QED) is 0.699. The largest absolute Gasteiger partial charge is 0.377 e. The molecule has 2 aliphatic rings. The Morgan fingerprint density at radius 1 is 1.18 bits per heavy atom. The highest BCUT2D eigenvalue weighted by atomic mass is 35.5. The summed E-state index contributed by atoms with van der Waals surface area (Å²) in [5, 5.41) is 4.65. The van der Waals surface area contributed by atoms with Gasteiger partial charge in [-0.2, -0.15) is 0 Å². The van der Waals surface area contributed by atoms with Crippen LogP contribution in [0.4, 0.5) is 5.69 Å². The fourth-order valence-corrected chi connectivity index (χ4v) is 4.21. The second-order valence-corrected chi connectivity index (χ2v) is 6.70. The van der Waals surface area contributed by atoms with E-state index in [1.807, 2.05) is 6.07 Å². The Morgan fingerprint density at radius 3 is 2.86 bits per heavy atom. The number of para-hydroxylation sites is 1. The Kier molecular flexibility index (Phi) is 3.46. The van der Waals surface area contributed by atoms with Gasteiger partial charge in [0.05, 0.1) is 6.04 Å². The van der Waals surface area contributed by atoms with Gasteiger partial charge in [-0.3, -0.25) is 0 Å². The first kappa shape index (κ1) is 13.9. The van der Waals surface area contributed by atoms with E-state index in [0.29, 0.717) is 17.9 Å². The summed E-state index contributed by atoms with van der Waals surface area (Å²) in [6.07, 6.45) is 6.91. The molecule has 0 spiro atoms. The number of fused-ring (bicyclic) bond motifs is 3. The molecule has 2 aromatic carbocycles. The minimum absolute atomic E-state index is 0.332. The predicted molar refractivity (Wildman–Crippen MR) is 93.6 cm³/mol. The summed E-state index contributed by atoms with van der Waals surface area (Å²) in [4.78, 5) is 0. The summed E-state index contributed by atoms with van der Waals surface area (Å²) in [6.45, 7) is 2.22. The number of rotatable bonds is 2. The van der Waals surface area contributed by atoms with Crippen LogP contribution < -0.4 is 5.32 Å². The van der Waals surface area contributed by atoms with Crippen LogP contribution in [0.15, 0.2) is 54.6 Å². The lowest BCUT2D eigenvalue weighted by molar-refractivity contribution is 0.425. The van der Waals surface area contributed by atoms with Gasteiger partial charge in [-0.15, -0.1) is 0 Å². The van der Waals surface area contributed by atoms with E-state index < -0.39 is 0 Å². The van der Waals surface area contributed by atoms with Crippen molar-refractivity contribution in [2.24, 2.45) is 5.92 Å². The van der Waals surface area contributed by atoms with E-state index in [0.717, 1.165) is 17.9 Å². The number of allylic oxidation sites excluding steroid dienone is 2. The molecule has 0 aromatic heterocycles. The third-order valence-electron chi connectivity index (χ3n) is 5.07. The SMILES string of the molecule is CCc1cccc2c1N[C@H](c1cccc(Cl)c1)[C@H]1CC=C[C@@H]21. The van der Waals surface area contributed by atoms with Crippen LogP contribution in [-0.2, 0) is 6.42 Å². The Morgan fingerprint density at radius 2 is 2.05 bits per heavy atom.